The summed E-state index contributed by atoms with van der Waals surface area (Å²) in [7, 11) is 0. The molecule has 0 atom stereocenters. The summed E-state index contributed by atoms with van der Waals surface area (Å²) in [6.07, 6.45) is 4.16. The van der Waals surface area contributed by atoms with E-state index in [4.69, 9.17) is 14.2 Å². The second-order valence-electron chi connectivity index (χ2n) is 6.61. The quantitative estimate of drug-likeness (QED) is 0.541. The minimum atomic E-state index is -0.247. The number of hydrogen-bond donors (Lipinski definition) is 1. The number of fused-ring (bicyclic) bond motifs is 1. The maximum Gasteiger partial charge on any atom is 0.250 e. The van der Waals surface area contributed by atoms with Crippen molar-refractivity contribution in [3.63, 3.8) is 0 Å². The molecule has 1 N–H and O–H groups in total. The van der Waals surface area contributed by atoms with Gasteiger partial charge in [-0.25, -0.2) is 4.98 Å². The number of hydrogen-bond acceptors (Lipinski definition) is 6. The maximum absolute atomic E-state index is 12.3. The molecular weight excluding hydrogens is 400 g/mol. The Morgan fingerprint density at radius 2 is 2.03 bits per heavy atom. The molecule has 6 nitrogen and oxygen atoms in total. The number of nitrogens with one attached hydrogen (secondary N) is 1. The van der Waals surface area contributed by atoms with Crippen molar-refractivity contribution in [1.82, 2.24) is 4.98 Å². The molecule has 4 rings (SSSR count). The van der Waals surface area contributed by atoms with E-state index in [0.29, 0.717) is 30.7 Å². The molecule has 154 valence electrons. The van der Waals surface area contributed by atoms with Crippen LogP contribution < -0.4 is 19.5 Å². The fourth-order valence-corrected chi connectivity index (χ4v) is 3.66. The zero-order valence-corrected chi connectivity index (χ0v) is 17.4. The molecule has 1 aliphatic rings. The van der Waals surface area contributed by atoms with E-state index in [2.05, 4.69) is 17.2 Å². The van der Waals surface area contributed by atoms with Gasteiger partial charge in [-0.2, -0.15) is 0 Å². The first-order chi connectivity index (χ1) is 14.7. The molecule has 1 amide bonds. The topological polar surface area (TPSA) is 69.7 Å². The Hall–Kier alpha value is -3.32. The second kappa shape index (κ2) is 9.45. The van der Waals surface area contributed by atoms with Crippen molar-refractivity contribution < 1.29 is 19.0 Å². The molecule has 0 spiro atoms. The van der Waals surface area contributed by atoms with Crippen LogP contribution in [0, 0.1) is 0 Å². The molecule has 0 bridgehead atoms. The van der Waals surface area contributed by atoms with Gasteiger partial charge in [-0.3, -0.25) is 10.1 Å². The predicted octanol–water partition coefficient (Wildman–Crippen LogP) is 5.02. The molecular formula is C23H22N2O4S. The highest BCUT2D eigenvalue weighted by Gasteiger charge is 2.14. The lowest BCUT2D eigenvalue weighted by Crippen LogP contribution is -2.15. The minimum Gasteiger partial charge on any atom is -0.493 e. The van der Waals surface area contributed by atoms with Crippen molar-refractivity contribution in [1.29, 1.82) is 0 Å². The molecule has 1 aromatic heterocycles. The summed E-state index contributed by atoms with van der Waals surface area (Å²) < 4.78 is 16.9. The van der Waals surface area contributed by atoms with Gasteiger partial charge >= 0.3 is 0 Å². The van der Waals surface area contributed by atoms with Crippen LogP contribution in [0.1, 0.15) is 18.9 Å². The van der Waals surface area contributed by atoms with Crippen molar-refractivity contribution in [2.24, 2.45) is 0 Å². The largest absolute Gasteiger partial charge is 0.493 e. The summed E-state index contributed by atoms with van der Waals surface area (Å²) in [6, 6.07) is 13.4. The van der Waals surface area contributed by atoms with Gasteiger partial charge in [-0.1, -0.05) is 25.1 Å². The normalized spacial score (nSPS) is 12.7. The summed E-state index contributed by atoms with van der Waals surface area (Å²) in [4.78, 5) is 16.9. The third-order valence-electron chi connectivity index (χ3n) is 4.37. The van der Waals surface area contributed by atoms with E-state index in [9.17, 15) is 4.79 Å². The van der Waals surface area contributed by atoms with Gasteiger partial charge in [0.15, 0.2) is 16.6 Å². The van der Waals surface area contributed by atoms with Crippen LogP contribution in [0.25, 0.3) is 17.3 Å². The van der Waals surface area contributed by atoms with Crippen LogP contribution in [0.15, 0.2) is 53.9 Å². The van der Waals surface area contributed by atoms with Gasteiger partial charge in [-0.15, -0.1) is 11.3 Å². The number of thiazole rings is 1. The van der Waals surface area contributed by atoms with E-state index in [1.807, 2.05) is 47.8 Å². The van der Waals surface area contributed by atoms with Crippen molar-refractivity contribution in [3.05, 3.63) is 59.5 Å². The molecule has 0 aliphatic carbocycles. The molecule has 7 heteroatoms. The van der Waals surface area contributed by atoms with Crippen molar-refractivity contribution >= 4 is 28.5 Å². The first kappa shape index (κ1) is 20.0. The summed E-state index contributed by atoms with van der Waals surface area (Å²) in [5.41, 5.74) is 2.54. The number of carbonyl (C=O) groups excluding carboxylic acids is 1. The summed E-state index contributed by atoms with van der Waals surface area (Å²) in [5.74, 6) is 1.97. The fourth-order valence-electron chi connectivity index (χ4n) is 2.94. The number of nitrogens with zero attached hydrogens (tertiary/aromatic N) is 1. The Kier molecular flexibility index (Phi) is 6.29. The summed E-state index contributed by atoms with van der Waals surface area (Å²) in [6.45, 7) is 3.79. The average molecular weight is 423 g/mol. The van der Waals surface area contributed by atoms with E-state index in [1.54, 1.807) is 6.08 Å². The second-order valence-corrected chi connectivity index (χ2v) is 7.46. The van der Waals surface area contributed by atoms with Gasteiger partial charge in [0.05, 0.1) is 12.3 Å². The van der Waals surface area contributed by atoms with Crippen LogP contribution in [0.2, 0.25) is 0 Å². The van der Waals surface area contributed by atoms with Crippen LogP contribution in [-0.4, -0.2) is 30.7 Å². The Morgan fingerprint density at radius 1 is 1.20 bits per heavy atom. The van der Waals surface area contributed by atoms with E-state index in [-0.39, 0.29) is 5.91 Å². The SMILES string of the molecule is CCCOc1ccccc1/C=C/C(=O)Nc1nc(-c2ccc3c(c2)OCCO3)cs1. The van der Waals surface area contributed by atoms with Crippen LogP contribution in [0.3, 0.4) is 0 Å². The average Bonchev–Trinajstić information content (AvgIpc) is 3.25. The molecule has 2 aromatic carbocycles. The Labute approximate surface area is 179 Å². The molecule has 3 aromatic rings. The molecule has 0 saturated heterocycles. The number of para-hydroxylation sites is 1. The maximum atomic E-state index is 12.3. The fraction of sp³-hybridized carbons (Fsp3) is 0.217. The van der Waals surface area contributed by atoms with Gasteiger partial charge in [0.1, 0.15) is 19.0 Å². The number of rotatable bonds is 7. The van der Waals surface area contributed by atoms with Crippen LogP contribution in [0.5, 0.6) is 17.2 Å². The summed E-state index contributed by atoms with van der Waals surface area (Å²) >= 11 is 1.37. The predicted molar refractivity (Wildman–Crippen MR) is 118 cm³/mol. The molecule has 30 heavy (non-hydrogen) atoms. The van der Waals surface area contributed by atoms with Crippen molar-refractivity contribution in [2.45, 2.75) is 13.3 Å². The first-order valence-corrected chi connectivity index (χ1v) is 10.7. The molecule has 2 heterocycles. The Morgan fingerprint density at radius 3 is 2.90 bits per heavy atom. The smallest absolute Gasteiger partial charge is 0.250 e. The lowest BCUT2D eigenvalue weighted by molar-refractivity contribution is -0.111. The van der Waals surface area contributed by atoms with E-state index in [0.717, 1.165) is 34.7 Å². The van der Waals surface area contributed by atoms with Crippen molar-refractivity contribution in [3.8, 4) is 28.5 Å². The zero-order valence-electron chi connectivity index (χ0n) is 16.6. The highest BCUT2D eigenvalue weighted by Crippen LogP contribution is 2.35. The number of aromatic nitrogens is 1. The molecule has 0 radical (unpaired) electrons. The standard InChI is InChI=1S/C23H22N2O4S/c1-2-11-27-19-6-4-3-5-16(19)8-10-22(26)25-23-24-18(15-30-23)17-7-9-20-21(14-17)29-13-12-28-20/h3-10,14-15H,2,11-13H2,1H3,(H,24,25,26)/b10-8+. The Balaban J connectivity index is 1.42. The van der Waals surface area contributed by atoms with E-state index in [1.165, 1.54) is 17.4 Å². The number of benzene rings is 2. The van der Waals surface area contributed by atoms with Crippen LogP contribution >= 0.6 is 11.3 Å². The lowest BCUT2D eigenvalue weighted by atomic mass is 10.1. The minimum absolute atomic E-state index is 0.247. The van der Waals surface area contributed by atoms with E-state index >= 15 is 0 Å². The van der Waals surface area contributed by atoms with Gasteiger partial charge in [0, 0.05) is 22.6 Å². The third-order valence-corrected chi connectivity index (χ3v) is 5.12. The van der Waals surface area contributed by atoms with Gasteiger partial charge < -0.3 is 14.2 Å². The van der Waals surface area contributed by atoms with Gasteiger partial charge in [0.2, 0.25) is 5.91 Å². The van der Waals surface area contributed by atoms with E-state index < -0.39 is 0 Å². The lowest BCUT2D eigenvalue weighted by Gasteiger charge is -2.18. The van der Waals surface area contributed by atoms with Crippen LogP contribution in [-0.2, 0) is 4.79 Å². The molecule has 0 saturated carbocycles. The highest BCUT2D eigenvalue weighted by molar-refractivity contribution is 7.14. The molecule has 1 aliphatic heterocycles. The summed E-state index contributed by atoms with van der Waals surface area (Å²) in [5, 5.41) is 5.25. The van der Waals surface area contributed by atoms with Gasteiger partial charge in [0.25, 0.3) is 0 Å². The third kappa shape index (κ3) is 4.80. The first-order valence-electron chi connectivity index (χ1n) is 9.79. The number of amides is 1. The Bertz CT molecular complexity index is 1060. The highest BCUT2D eigenvalue weighted by atomic mass is 32.1. The molecule has 0 fully saturated rings. The monoisotopic (exact) mass is 422 g/mol. The van der Waals surface area contributed by atoms with Crippen molar-refractivity contribution in [2.75, 3.05) is 25.1 Å². The molecule has 0 unspecified atom stereocenters. The van der Waals surface area contributed by atoms with Gasteiger partial charge in [-0.05, 0) is 36.8 Å². The zero-order chi connectivity index (χ0) is 20.8. The number of carbonyl (C=O) groups is 1. The number of anilines is 1. The number of ether oxygens (including phenoxy) is 3. The van der Waals surface area contributed by atoms with Crippen LogP contribution in [0.4, 0.5) is 5.13 Å².